The molecule has 1 atom stereocenters. The molecule has 7 nitrogen and oxygen atoms in total. The summed E-state index contributed by atoms with van der Waals surface area (Å²) < 4.78 is 0. The molecule has 3 heterocycles. The molecule has 3 aromatic rings. The number of nitrogens with one attached hydrogen (secondary N) is 1. The second-order valence-corrected chi connectivity index (χ2v) is 6.63. The third-order valence-electron chi connectivity index (χ3n) is 4.75. The summed E-state index contributed by atoms with van der Waals surface area (Å²) in [6, 6.07) is 10.9. The van der Waals surface area contributed by atoms with Gasteiger partial charge in [-0.15, -0.1) is 0 Å². The number of hydrogen-bond donors (Lipinski definition) is 2. The van der Waals surface area contributed by atoms with Gasteiger partial charge in [0.25, 0.3) is 11.5 Å². The smallest absolute Gasteiger partial charge is 0.280 e. The van der Waals surface area contributed by atoms with E-state index in [0.29, 0.717) is 35.9 Å². The zero-order valence-electron chi connectivity index (χ0n) is 14.2. The van der Waals surface area contributed by atoms with Gasteiger partial charge in [0, 0.05) is 19.3 Å². The molecule has 0 spiro atoms. The zero-order chi connectivity index (χ0) is 18.1. The molecular weight excluding hydrogens is 330 g/mol. The number of rotatable bonds is 3. The third kappa shape index (κ3) is 3.15. The van der Waals surface area contributed by atoms with E-state index in [-0.39, 0.29) is 11.6 Å². The van der Waals surface area contributed by atoms with Crippen LogP contribution in [0.1, 0.15) is 22.5 Å². The van der Waals surface area contributed by atoms with Crippen LogP contribution in [0.15, 0.2) is 47.4 Å². The quantitative estimate of drug-likeness (QED) is 0.747. The molecule has 7 heteroatoms. The average Bonchev–Trinajstić information content (AvgIpc) is 3.11. The normalized spacial score (nSPS) is 16.9. The van der Waals surface area contributed by atoms with Gasteiger partial charge in [-0.2, -0.15) is 0 Å². The van der Waals surface area contributed by atoms with E-state index in [9.17, 15) is 9.59 Å². The number of carbonyl (C=O) groups is 1. The van der Waals surface area contributed by atoms with Gasteiger partial charge < -0.3 is 15.6 Å². The standard InChI is InChI=1S/C19H19N5O2/c20-16-6-5-12(10-21-16)9-13-7-8-24(11-13)19(26)17-18(25)23-15-4-2-1-3-14(15)22-17/h1-6,10,13H,7-9,11H2,(H2,20,21)(H,23,25). The van der Waals surface area contributed by atoms with Crippen molar-refractivity contribution >= 4 is 22.8 Å². The fourth-order valence-electron chi connectivity index (χ4n) is 3.40. The molecule has 1 unspecified atom stereocenters. The molecule has 0 bridgehead atoms. The summed E-state index contributed by atoms with van der Waals surface area (Å²) in [5, 5.41) is 0. The minimum absolute atomic E-state index is 0.0431. The first-order valence-corrected chi connectivity index (χ1v) is 8.59. The monoisotopic (exact) mass is 349 g/mol. The van der Waals surface area contributed by atoms with Crippen molar-refractivity contribution in [3.63, 3.8) is 0 Å². The van der Waals surface area contributed by atoms with Gasteiger partial charge in [-0.25, -0.2) is 9.97 Å². The lowest BCUT2D eigenvalue weighted by Crippen LogP contribution is -2.34. The maximum atomic E-state index is 12.8. The Labute approximate surface area is 149 Å². The molecule has 26 heavy (non-hydrogen) atoms. The maximum Gasteiger partial charge on any atom is 0.280 e. The van der Waals surface area contributed by atoms with Crippen LogP contribution in [0.4, 0.5) is 5.82 Å². The fraction of sp³-hybridized carbons (Fsp3) is 0.263. The van der Waals surface area contributed by atoms with E-state index in [4.69, 9.17) is 5.73 Å². The highest BCUT2D eigenvalue weighted by molar-refractivity contribution is 5.93. The van der Waals surface area contributed by atoms with Gasteiger partial charge in [0.15, 0.2) is 5.69 Å². The van der Waals surface area contributed by atoms with E-state index in [0.717, 1.165) is 18.4 Å². The zero-order valence-corrected chi connectivity index (χ0v) is 14.2. The summed E-state index contributed by atoms with van der Waals surface area (Å²) in [5.74, 6) is 0.525. The van der Waals surface area contributed by atoms with Gasteiger partial charge in [-0.1, -0.05) is 18.2 Å². The molecule has 1 aliphatic heterocycles. The van der Waals surface area contributed by atoms with Gasteiger partial charge in [-0.05, 0) is 42.5 Å². The van der Waals surface area contributed by atoms with Crippen molar-refractivity contribution < 1.29 is 4.79 Å². The van der Waals surface area contributed by atoms with Crippen LogP contribution in [-0.2, 0) is 6.42 Å². The first kappa shape index (κ1) is 16.3. The summed E-state index contributed by atoms with van der Waals surface area (Å²) in [5.41, 5.74) is 7.46. The number of carbonyl (C=O) groups excluding carboxylic acids is 1. The number of amides is 1. The number of fused-ring (bicyclic) bond motifs is 1. The number of H-pyrrole nitrogens is 1. The maximum absolute atomic E-state index is 12.8. The van der Waals surface area contributed by atoms with Crippen LogP contribution in [-0.4, -0.2) is 38.8 Å². The summed E-state index contributed by atoms with van der Waals surface area (Å²) in [6.07, 6.45) is 3.50. The van der Waals surface area contributed by atoms with E-state index in [1.54, 1.807) is 29.3 Å². The topological polar surface area (TPSA) is 105 Å². The van der Waals surface area contributed by atoms with Crippen LogP contribution in [0.2, 0.25) is 0 Å². The third-order valence-corrected chi connectivity index (χ3v) is 4.75. The summed E-state index contributed by atoms with van der Waals surface area (Å²) in [4.78, 5) is 37.8. The van der Waals surface area contributed by atoms with Crippen LogP contribution in [0, 0.1) is 5.92 Å². The molecule has 1 amide bonds. The Morgan fingerprint density at radius 3 is 2.92 bits per heavy atom. The lowest BCUT2D eigenvalue weighted by Gasteiger charge is -2.16. The highest BCUT2D eigenvalue weighted by Crippen LogP contribution is 2.22. The number of likely N-dealkylation sites (tertiary alicyclic amines) is 1. The Morgan fingerprint density at radius 1 is 1.27 bits per heavy atom. The van der Waals surface area contributed by atoms with Crippen LogP contribution in [0.3, 0.4) is 0 Å². The minimum Gasteiger partial charge on any atom is -0.384 e. The van der Waals surface area contributed by atoms with Crippen LogP contribution in [0.25, 0.3) is 11.0 Å². The predicted octanol–water partition coefficient (Wildman–Crippen LogP) is 1.61. The van der Waals surface area contributed by atoms with E-state index >= 15 is 0 Å². The Morgan fingerprint density at radius 2 is 2.12 bits per heavy atom. The molecule has 1 aromatic carbocycles. The lowest BCUT2D eigenvalue weighted by atomic mass is 10.00. The summed E-state index contributed by atoms with van der Waals surface area (Å²) in [6.45, 7) is 1.23. The van der Waals surface area contributed by atoms with Crippen LogP contribution >= 0.6 is 0 Å². The van der Waals surface area contributed by atoms with Crippen molar-refractivity contribution in [3.05, 3.63) is 64.2 Å². The first-order chi connectivity index (χ1) is 12.6. The number of pyridine rings is 1. The molecule has 0 aliphatic carbocycles. The highest BCUT2D eigenvalue weighted by atomic mass is 16.2. The van der Waals surface area contributed by atoms with Gasteiger partial charge >= 0.3 is 0 Å². The van der Waals surface area contributed by atoms with Crippen LogP contribution < -0.4 is 11.3 Å². The van der Waals surface area contributed by atoms with Crippen molar-refractivity contribution in [2.75, 3.05) is 18.8 Å². The van der Waals surface area contributed by atoms with Gasteiger partial charge in [0.05, 0.1) is 11.0 Å². The summed E-state index contributed by atoms with van der Waals surface area (Å²) in [7, 11) is 0. The molecule has 132 valence electrons. The number of nitrogen functional groups attached to an aromatic ring is 1. The number of aromatic nitrogens is 3. The van der Waals surface area contributed by atoms with Crippen molar-refractivity contribution in [1.29, 1.82) is 0 Å². The Hall–Kier alpha value is -3.22. The van der Waals surface area contributed by atoms with Crippen molar-refractivity contribution in [2.45, 2.75) is 12.8 Å². The number of anilines is 1. The second-order valence-electron chi connectivity index (χ2n) is 6.63. The molecule has 4 rings (SSSR count). The Bertz CT molecular complexity index is 1010. The molecule has 1 fully saturated rings. The molecule has 0 radical (unpaired) electrons. The number of nitrogens with zero attached hydrogens (tertiary/aromatic N) is 3. The largest absolute Gasteiger partial charge is 0.384 e. The number of aromatic amines is 1. The highest BCUT2D eigenvalue weighted by Gasteiger charge is 2.29. The number of para-hydroxylation sites is 2. The van der Waals surface area contributed by atoms with Gasteiger partial charge in [0.1, 0.15) is 5.82 Å². The molecule has 1 saturated heterocycles. The number of hydrogen-bond acceptors (Lipinski definition) is 5. The number of nitrogens with two attached hydrogens (primary N) is 1. The van der Waals surface area contributed by atoms with Gasteiger partial charge in [-0.3, -0.25) is 9.59 Å². The van der Waals surface area contributed by atoms with Crippen molar-refractivity contribution in [2.24, 2.45) is 5.92 Å². The van der Waals surface area contributed by atoms with Crippen LogP contribution in [0.5, 0.6) is 0 Å². The molecule has 3 N–H and O–H groups in total. The predicted molar refractivity (Wildman–Crippen MR) is 98.7 cm³/mol. The SMILES string of the molecule is Nc1ccc(CC2CCN(C(=O)c3nc4ccccc4[nH]c3=O)C2)cn1. The lowest BCUT2D eigenvalue weighted by molar-refractivity contribution is 0.0780. The number of benzene rings is 1. The first-order valence-electron chi connectivity index (χ1n) is 8.59. The summed E-state index contributed by atoms with van der Waals surface area (Å²) >= 11 is 0. The Kier molecular flexibility index (Phi) is 4.12. The molecule has 2 aromatic heterocycles. The molecule has 0 saturated carbocycles. The molecular formula is C19H19N5O2. The minimum atomic E-state index is -0.445. The molecule has 1 aliphatic rings. The van der Waals surface area contributed by atoms with E-state index < -0.39 is 5.56 Å². The van der Waals surface area contributed by atoms with Gasteiger partial charge in [0.2, 0.25) is 0 Å². The average molecular weight is 349 g/mol. The second kappa shape index (κ2) is 6.59. The van der Waals surface area contributed by atoms with E-state index in [2.05, 4.69) is 15.0 Å². The van der Waals surface area contributed by atoms with E-state index in [1.165, 1.54) is 0 Å². The Balaban J connectivity index is 1.50. The van der Waals surface area contributed by atoms with E-state index in [1.807, 2.05) is 18.2 Å². The van der Waals surface area contributed by atoms with Crippen molar-refractivity contribution in [3.8, 4) is 0 Å². The fourth-order valence-corrected chi connectivity index (χ4v) is 3.40. The van der Waals surface area contributed by atoms with Crippen molar-refractivity contribution in [1.82, 2.24) is 19.9 Å².